The lowest BCUT2D eigenvalue weighted by molar-refractivity contribution is -0.386. The Hall–Kier alpha value is -1.87. The molecule has 0 aliphatic carbocycles. The first-order valence-electron chi connectivity index (χ1n) is 6.31. The van der Waals surface area contributed by atoms with E-state index in [1.165, 1.54) is 4.90 Å². The van der Waals surface area contributed by atoms with Crippen LogP contribution in [0.5, 0.6) is 5.75 Å². The van der Waals surface area contributed by atoms with Crippen LogP contribution in [0.2, 0.25) is 0 Å². The lowest BCUT2D eigenvalue weighted by atomic mass is 10.0. The number of hydrogen-bond donors (Lipinski definition) is 2. The molecular formula is C12H14F3N3O3. The molecule has 6 nitrogen and oxygen atoms in total. The number of nitro benzene ring substituents is 1. The molecule has 2 N–H and O–H groups in total. The second kappa shape index (κ2) is 6.27. The monoisotopic (exact) mass is 305 g/mol. The van der Waals surface area contributed by atoms with Crippen molar-refractivity contribution in [1.29, 1.82) is 0 Å². The van der Waals surface area contributed by atoms with Gasteiger partial charge in [-0.1, -0.05) is 0 Å². The van der Waals surface area contributed by atoms with E-state index >= 15 is 0 Å². The lowest BCUT2D eigenvalue weighted by Crippen LogP contribution is -2.47. The Morgan fingerprint density at radius 3 is 2.48 bits per heavy atom. The van der Waals surface area contributed by atoms with Gasteiger partial charge in [-0.15, -0.1) is 0 Å². The zero-order chi connectivity index (χ0) is 15.6. The number of piperazine rings is 1. The van der Waals surface area contributed by atoms with Gasteiger partial charge in [0.25, 0.3) is 6.43 Å². The van der Waals surface area contributed by atoms with Crippen LogP contribution in [0.3, 0.4) is 0 Å². The Labute approximate surface area is 118 Å². The molecule has 2 rings (SSSR count). The molecular weight excluding hydrogens is 291 g/mol. The predicted octanol–water partition coefficient (Wildman–Crippen LogP) is 1.65. The molecule has 21 heavy (non-hydrogen) atoms. The van der Waals surface area contributed by atoms with Gasteiger partial charge >= 0.3 is 5.69 Å². The third-order valence-corrected chi connectivity index (χ3v) is 3.38. The van der Waals surface area contributed by atoms with E-state index in [4.69, 9.17) is 0 Å². The van der Waals surface area contributed by atoms with E-state index in [1.54, 1.807) is 0 Å². The summed E-state index contributed by atoms with van der Waals surface area (Å²) in [7, 11) is 0. The fourth-order valence-corrected chi connectivity index (χ4v) is 2.42. The van der Waals surface area contributed by atoms with Crippen molar-refractivity contribution in [3.63, 3.8) is 0 Å². The van der Waals surface area contributed by atoms with E-state index in [1.807, 2.05) is 0 Å². The number of rotatable bonds is 4. The zero-order valence-corrected chi connectivity index (χ0v) is 10.9. The number of phenolic OH excluding ortho intramolecular Hbond substituents is 1. The summed E-state index contributed by atoms with van der Waals surface area (Å²) in [6.45, 7) is 1.50. The van der Waals surface area contributed by atoms with Crippen LogP contribution in [-0.2, 0) is 0 Å². The molecule has 0 unspecified atom stereocenters. The SMILES string of the molecule is O=[N+]([O-])c1cc(F)cc([C@@H](C(F)F)N2CCNCC2)c1O. The normalized spacial score (nSPS) is 17.9. The topological polar surface area (TPSA) is 78.6 Å². The maximum atomic E-state index is 13.5. The third-order valence-electron chi connectivity index (χ3n) is 3.38. The summed E-state index contributed by atoms with van der Waals surface area (Å²) in [6.07, 6.45) is -2.91. The number of alkyl halides is 2. The Morgan fingerprint density at radius 1 is 1.33 bits per heavy atom. The minimum Gasteiger partial charge on any atom is -0.502 e. The number of nitrogens with zero attached hydrogens (tertiary/aromatic N) is 2. The number of hydrogen-bond acceptors (Lipinski definition) is 5. The van der Waals surface area contributed by atoms with Crippen LogP contribution in [0.4, 0.5) is 18.9 Å². The molecule has 0 spiro atoms. The summed E-state index contributed by atoms with van der Waals surface area (Å²) in [5, 5.41) is 23.6. The summed E-state index contributed by atoms with van der Waals surface area (Å²) >= 11 is 0. The van der Waals surface area contributed by atoms with Crippen molar-refractivity contribution >= 4 is 5.69 Å². The van der Waals surface area contributed by atoms with E-state index in [0.717, 1.165) is 6.07 Å². The number of nitro groups is 1. The van der Waals surface area contributed by atoms with E-state index in [2.05, 4.69) is 5.32 Å². The Balaban J connectivity index is 2.47. The molecule has 0 amide bonds. The molecule has 1 aromatic rings. The van der Waals surface area contributed by atoms with Gasteiger partial charge in [-0.25, -0.2) is 13.2 Å². The molecule has 0 saturated carbocycles. The highest BCUT2D eigenvalue weighted by Gasteiger charge is 2.35. The van der Waals surface area contributed by atoms with Crippen molar-refractivity contribution in [2.75, 3.05) is 26.2 Å². The van der Waals surface area contributed by atoms with Crippen LogP contribution in [0.25, 0.3) is 0 Å². The molecule has 1 aliphatic heterocycles. The minimum atomic E-state index is -2.91. The molecule has 1 atom stereocenters. The van der Waals surface area contributed by atoms with Crippen molar-refractivity contribution in [3.05, 3.63) is 33.6 Å². The molecule has 1 aromatic carbocycles. The van der Waals surface area contributed by atoms with Crippen LogP contribution in [0.15, 0.2) is 12.1 Å². The van der Waals surface area contributed by atoms with Crippen LogP contribution < -0.4 is 5.32 Å². The van der Waals surface area contributed by atoms with Gasteiger partial charge < -0.3 is 10.4 Å². The van der Waals surface area contributed by atoms with Gasteiger partial charge in [0.05, 0.1) is 11.0 Å². The van der Waals surface area contributed by atoms with Crippen molar-refractivity contribution in [2.24, 2.45) is 0 Å². The average molecular weight is 305 g/mol. The van der Waals surface area contributed by atoms with E-state index in [0.29, 0.717) is 19.2 Å². The van der Waals surface area contributed by atoms with Gasteiger partial charge in [-0.05, 0) is 6.07 Å². The first-order valence-corrected chi connectivity index (χ1v) is 6.31. The zero-order valence-electron chi connectivity index (χ0n) is 10.9. The van der Waals surface area contributed by atoms with Crippen molar-refractivity contribution < 1.29 is 23.2 Å². The molecule has 1 saturated heterocycles. The maximum Gasteiger partial charge on any atom is 0.313 e. The number of benzene rings is 1. The second-order valence-electron chi connectivity index (χ2n) is 4.69. The molecule has 1 heterocycles. The number of halogens is 3. The summed E-state index contributed by atoms with van der Waals surface area (Å²) in [4.78, 5) is 11.1. The van der Waals surface area contributed by atoms with Crippen LogP contribution in [-0.4, -0.2) is 47.5 Å². The van der Waals surface area contributed by atoms with Gasteiger partial charge in [-0.2, -0.15) is 0 Å². The minimum absolute atomic E-state index is 0.277. The van der Waals surface area contributed by atoms with E-state index in [9.17, 15) is 28.4 Å². The number of nitrogens with one attached hydrogen (secondary N) is 1. The second-order valence-corrected chi connectivity index (χ2v) is 4.69. The van der Waals surface area contributed by atoms with Crippen molar-refractivity contribution in [2.45, 2.75) is 12.5 Å². The summed E-state index contributed by atoms with van der Waals surface area (Å²) < 4.78 is 40.2. The van der Waals surface area contributed by atoms with Crippen molar-refractivity contribution in [1.82, 2.24) is 10.2 Å². The average Bonchev–Trinajstić information content (AvgIpc) is 2.43. The van der Waals surface area contributed by atoms with Crippen LogP contribution >= 0.6 is 0 Å². The highest BCUT2D eigenvalue weighted by atomic mass is 19.3. The number of aromatic hydroxyl groups is 1. The molecule has 116 valence electrons. The molecule has 1 aliphatic rings. The van der Waals surface area contributed by atoms with Crippen LogP contribution in [0.1, 0.15) is 11.6 Å². The first kappa shape index (κ1) is 15.5. The highest BCUT2D eigenvalue weighted by Crippen LogP contribution is 2.39. The third kappa shape index (κ3) is 3.24. The van der Waals surface area contributed by atoms with Crippen molar-refractivity contribution in [3.8, 4) is 5.75 Å². The fraction of sp³-hybridized carbons (Fsp3) is 0.500. The molecule has 0 aromatic heterocycles. The van der Waals surface area contributed by atoms with Gasteiger partial charge in [0.1, 0.15) is 11.9 Å². The standard InChI is InChI=1S/C12H14F3N3O3/c13-7-5-8(11(19)9(6-7)18(20)21)10(12(14)15)17-3-1-16-2-4-17/h5-6,10,12,16,19H,1-4H2/t10-/m0/s1. The molecule has 0 bridgehead atoms. The van der Waals surface area contributed by atoms with E-state index < -0.39 is 40.2 Å². The quantitative estimate of drug-likeness (QED) is 0.653. The Kier molecular flexibility index (Phi) is 4.63. The summed E-state index contributed by atoms with van der Waals surface area (Å²) in [5.74, 6) is -1.94. The van der Waals surface area contributed by atoms with Crippen LogP contribution in [0, 0.1) is 15.9 Å². The summed E-state index contributed by atoms with van der Waals surface area (Å²) in [5.41, 5.74) is -1.37. The Bertz CT molecular complexity index is 536. The highest BCUT2D eigenvalue weighted by molar-refractivity contribution is 5.52. The number of phenols is 1. The first-order chi connectivity index (χ1) is 9.91. The lowest BCUT2D eigenvalue weighted by Gasteiger charge is -2.34. The van der Waals surface area contributed by atoms with E-state index in [-0.39, 0.29) is 13.1 Å². The largest absolute Gasteiger partial charge is 0.502 e. The molecule has 0 radical (unpaired) electrons. The Morgan fingerprint density at radius 2 is 1.95 bits per heavy atom. The van der Waals surface area contributed by atoms with Gasteiger partial charge in [-0.3, -0.25) is 15.0 Å². The molecule has 9 heteroatoms. The van der Waals surface area contributed by atoms with Gasteiger partial charge in [0.15, 0.2) is 5.75 Å². The summed E-state index contributed by atoms with van der Waals surface area (Å²) in [6, 6.07) is -0.346. The maximum absolute atomic E-state index is 13.5. The van der Waals surface area contributed by atoms with Gasteiger partial charge in [0, 0.05) is 31.7 Å². The molecule has 1 fully saturated rings. The smallest absolute Gasteiger partial charge is 0.313 e. The fourth-order valence-electron chi connectivity index (χ4n) is 2.42. The predicted molar refractivity (Wildman–Crippen MR) is 67.9 cm³/mol. The van der Waals surface area contributed by atoms with Gasteiger partial charge in [0.2, 0.25) is 0 Å².